The zero-order valence-corrected chi connectivity index (χ0v) is 13.4. The summed E-state index contributed by atoms with van der Waals surface area (Å²) >= 11 is 1.56. The van der Waals surface area contributed by atoms with E-state index in [2.05, 4.69) is 31.1 Å². The smallest absolute Gasteiger partial charge is 0.348 e. The molecule has 2 rings (SSSR count). The van der Waals surface area contributed by atoms with Gasteiger partial charge in [0.25, 0.3) is 0 Å². The summed E-state index contributed by atoms with van der Waals surface area (Å²) in [6, 6.07) is 0. The van der Waals surface area contributed by atoms with Gasteiger partial charge in [-0.2, -0.15) is 13.2 Å². The molecule has 21 heavy (non-hydrogen) atoms. The SMILES string of the molecule is CC(C)(C)NCc1cnc(N2CCC(C(F)(F)F)CC2)s1. The molecule has 0 spiro atoms. The van der Waals surface area contributed by atoms with E-state index in [9.17, 15) is 13.2 Å². The normalized spacial score (nSPS) is 18.3. The van der Waals surface area contributed by atoms with Crippen LogP contribution in [0, 0.1) is 5.92 Å². The number of rotatable bonds is 3. The number of anilines is 1. The van der Waals surface area contributed by atoms with Crippen LogP contribution in [0.15, 0.2) is 6.20 Å². The lowest BCUT2D eigenvalue weighted by atomic mass is 9.97. The van der Waals surface area contributed by atoms with Gasteiger partial charge >= 0.3 is 6.18 Å². The first kappa shape index (κ1) is 16.5. The number of nitrogens with zero attached hydrogens (tertiary/aromatic N) is 2. The lowest BCUT2D eigenvalue weighted by molar-refractivity contribution is -0.179. The highest BCUT2D eigenvalue weighted by Crippen LogP contribution is 2.36. The van der Waals surface area contributed by atoms with Crippen molar-refractivity contribution in [2.24, 2.45) is 5.92 Å². The largest absolute Gasteiger partial charge is 0.391 e. The van der Waals surface area contributed by atoms with E-state index in [1.807, 2.05) is 11.1 Å². The van der Waals surface area contributed by atoms with Crippen molar-refractivity contribution in [2.45, 2.75) is 51.9 Å². The number of alkyl halides is 3. The third-order valence-corrected chi connectivity index (χ3v) is 4.62. The summed E-state index contributed by atoms with van der Waals surface area (Å²) in [7, 11) is 0. The zero-order chi connectivity index (χ0) is 15.7. The van der Waals surface area contributed by atoms with E-state index < -0.39 is 12.1 Å². The molecule has 0 atom stereocenters. The maximum absolute atomic E-state index is 12.6. The van der Waals surface area contributed by atoms with Gasteiger partial charge in [0.15, 0.2) is 5.13 Å². The molecule has 1 N–H and O–H groups in total. The molecular weight excluding hydrogens is 299 g/mol. The molecule has 0 amide bonds. The van der Waals surface area contributed by atoms with Crippen LogP contribution >= 0.6 is 11.3 Å². The number of hydrogen-bond donors (Lipinski definition) is 1. The number of piperidine rings is 1. The molecule has 3 nitrogen and oxygen atoms in total. The summed E-state index contributed by atoms with van der Waals surface area (Å²) in [4.78, 5) is 7.43. The number of thiazole rings is 1. The Hall–Kier alpha value is -0.820. The monoisotopic (exact) mass is 321 g/mol. The molecule has 1 fully saturated rings. The molecule has 0 aromatic carbocycles. The molecular formula is C14H22F3N3S. The second-order valence-electron chi connectivity index (χ2n) is 6.52. The molecule has 2 heterocycles. The predicted octanol–water partition coefficient (Wildman–Crippen LogP) is 3.81. The van der Waals surface area contributed by atoms with Gasteiger partial charge in [-0.3, -0.25) is 0 Å². The lowest BCUT2D eigenvalue weighted by Crippen LogP contribution is -2.38. The lowest BCUT2D eigenvalue weighted by Gasteiger charge is -2.32. The number of hydrogen-bond acceptors (Lipinski definition) is 4. The third kappa shape index (κ3) is 4.85. The first-order valence-corrected chi connectivity index (χ1v) is 7.98. The second kappa shape index (κ2) is 6.12. The summed E-state index contributed by atoms with van der Waals surface area (Å²) in [5.74, 6) is -1.16. The highest BCUT2D eigenvalue weighted by atomic mass is 32.1. The van der Waals surface area contributed by atoms with Gasteiger partial charge in [-0.15, -0.1) is 11.3 Å². The minimum absolute atomic E-state index is 0.0369. The summed E-state index contributed by atoms with van der Waals surface area (Å²) < 4.78 is 37.9. The van der Waals surface area contributed by atoms with Crippen molar-refractivity contribution in [3.05, 3.63) is 11.1 Å². The quantitative estimate of drug-likeness (QED) is 0.917. The Bertz CT molecular complexity index is 457. The van der Waals surface area contributed by atoms with Crippen LogP contribution in [0.4, 0.5) is 18.3 Å². The van der Waals surface area contributed by atoms with E-state index in [4.69, 9.17) is 0 Å². The van der Waals surface area contributed by atoms with Crippen molar-refractivity contribution >= 4 is 16.5 Å². The van der Waals surface area contributed by atoms with Gasteiger partial charge in [0, 0.05) is 36.2 Å². The van der Waals surface area contributed by atoms with E-state index >= 15 is 0 Å². The topological polar surface area (TPSA) is 28.2 Å². The number of nitrogens with one attached hydrogen (secondary N) is 1. The molecule has 0 unspecified atom stereocenters. The number of halogens is 3. The second-order valence-corrected chi connectivity index (χ2v) is 7.61. The maximum atomic E-state index is 12.6. The predicted molar refractivity (Wildman–Crippen MR) is 79.7 cm³/mol. The minimum Gasteiger partial charge on any atom is -0.348 e. The van der Waals surface area contributed by atoms with Crippen LogP contribution in [0.2, 0.25) is 0 Å². The van der Waals surface area contributed by atoms with Gasteiger partial charge in [0.2, 0.25) is 0 Å². The first-order valence-electron chi connectivity index (χ1n) is 7.16. The van der Waals surface area contributed by atoms with Crippen LogP contribution in [0.3, 0.4) is 0 Å². The highest BCUT2D eigenvalue weighted by Gasteiger charge is 2.41. The molecule has 120 valence electrons. The molecule has 1 aromatic heterocycles. The first-order chi connectivity index (χ1) is 9.65. The van der Waals surface area contributed by atoms with Crippen molar-refractivity contribution in [1.82, 2.24) is 10.3 Å². The molecule has 0 radical (unpaired) electrons. The fraction of sp³-hybridized carbons (Fsp3) is 0.786. The summed E-state index contributed by atoms with van der Waals surface area (Å²) in [6.45, 7) is 7.89. The minimum atomic E-state index is -4.06. The summed E-state index contributed by atoms with van der Waals surface area (Å²) in [6.07, 6.45) is -1.91. The zero-order valence-electron chi connectivity index (χ0n) is 12.6. The fourth-order valence-electron chi connectivity index (χ4n) is 2.28. The van der Waals surface area contributed by atoms with Crippen LogP contribution in [0.1, 0.15) is 38.5 Å². The third-order valence-electron chi connectivity index (χ3n) is 3.56. The van der Waals surface area contributed by atoms with Crippen molar-refractivity contribution in [1.29, 1.82) is 0 Å². The summed E-state index contributed by atoms with van der Waals surface area (Å²) in [5, 5.41) is 4.22. The van der Waals surface area contributed by atoms with Crippen molar-refractivity contribution in [3.8, 4) is 0 Å². The van der Waals surface area contributed by atoms with Gasteiger partial charge in [-0.05, 0) is 33.6 Å². The molecule has 0 aliphatic carbocycles. The molecule has 1 aliphatic heterocycles. The highest BCUT2D eigenvalue weighted by molar-refractivity contribution is 7.15. The van der Waals surface area contributed by atoms with Gasteiger partial charge in [-0.1, -0.05) is 0 Å². The molecule has 1 saturated heterocycles. The van der Waals surface area contributed by atoms with Crippen LogP contribution in [0.5, 0.6) is 0 Å². The maximum Gasteiger partial charge on any atom is 0.391 e. The van der Waals surface area contributed by atoms with Gasteiger partial charge in [0.1, 0.15) is 0 Å². The van der Waals surface area contributed by atoms with Gasteiger partial charge in [0.05, 0.1) is 5.92 Å². The van der Waals surface area contributed by atoms with Gasteiger partial charge in [-0.25, -0.2) is 4.98 Å². The van der Waals surface area contributed by atoms with Crippen molar-refractivity contribution in [3.63, 3.8) is 0 Å². The van der Waals surface area contributed by atoms with Crippen LogP contribution < -0.4 is 10.2 Å². The van der Waals surface area contributed by atoms with E-state index in [0.717, 1.165) is 16.6 Å². The van der Waals surface area contributed by atoms with Crippen LogP contribution in [-0.4, -0.2) is 29.8 Å². The molecule has 7 heteroatoms. The van der Waals surface area contributed by atoms with E-state index in [1.165, 1.54) is 0 Å². The van der Waals surface area contributed by atoms with E-state index in [0.29, 0.717) is 13.1 Å². The average Bonchev–Trinajstić information content (AvgIpc) is 2.83. The molecule has 1 aliphatic rings. The Labute approximate surface area is 127 Å². The summed E-state index contributed by atoms with van der Waals surface area (Å²) in [5.41, 5.74) is 0.0369. The van der Waals surface area contributed by atoms with Gasteiger partial charge < -0.3 is 10.2 Å². The fourth-order valence-corrected chi connectivity index (χ4v) is 3.18. The van der Waals surface area contributed by atoms with E-state index in [1.54, 1.807) is 11.3 Å². The molecule has 1 aromatic rings. The Kier molecular flexibility index (Phi) is 4.82. The van der Waals surface area contributed by atoms with Crippen LogP contribution in [-0.2, 0) is 6.54 Å². The number of aromatic nitrogens is 1. The Morgan fingerprint density at radius 2 is 1.90 bits per heavy atom. The Morgan fingerprint density at radius 1 is 1.29 bits per heavy atom. The van der Waals surface area contributed by atoms with Crippen molar-refractivity contribution < 1.29 is 13.2 Å². The Morgan fingerprint density at radius 3 is 2.43 bits per heavy atom. The van der Waals surface area contributed by atoms with Crippen molar-refractivity contribution in [2.75, 3.05) is 18.0 Å². The van der Waals surface area contributed by atoms with E-state index in [-0.39, 0.29) is 18.4 Å². The molecule has 0 saturated carbocycles. The average molecular weight is 321 g/mol. The molecule has 0 bridgehead atoms. The standard InChI is InChI=1S/C14H22F3N3S/c1-13(2,3)19-9-11-8-18-12(21-11)20-6-4-10(5-7-20)14(15,16)17/h8,10,19H,4-7,9H2,1-3H3. The van der Waals surface area contributed by atoms with Crippen LogP contribution in [0.25, 0.3) is 0 Å². The Balaban J connectivity index is 1.88.